The highest BCUT2D eigenvalue weighted by Gasteiger charge is 2.46. The van der Waals surface area contributed by atoms with Gasteiger partial charge in [0.05, 0.1) is 12.0 Å². The highest BCUT2D eigenvalue weighted by atomic mass is 16.6. The molecule has 0 aromatic carbocycles. The molecule has 24 heavy (non-hydrogen) atoms. The summed E-state index contributed by atoms with van der Waals surface area (Å²) in [7, 11) is 0. The lowest BCUT2D eigenvalue weighted by atomic mass is 9.92. The van der Waals surface area contributed by atoms with Gasteiger partial charge in [0.25, 0.3) is 0 Å². The van der Waals surface area contributed by atoms with Crippen LogP contribution in [0.15, 0.2) is 0 Å². The topological polar surface area (TPSA) is 76.7 Å². The van der Waals surface area contributed by atoms with Crippen LogP contribution >= 0.6 is 0 Å². The minimum absolute atomic E-state index is 0.0374. The number of alkyl carbamates (subject to hydrolysis) is 1. The van der Waals surface area contributed by atoms with Gasteiger partial charge in [-0.1, -0.05) is 13.8 Å². The normalized spacial score (nSPS) is 25.4. The zero-order chi connectivity index (χ0) is 18.0. The number of amides is 2. The molecule has 1 saturated carbocycles. The fourth-order valence-corrected chi connectivity index (χ4v) is 3.16. The maximum absolute atomic E-state index is 12.5. The van der Waals surface area contributed by atoms with Gasteiger partial charge in [0.2, 0.25) is 5.91 Å². The summed E-state index contributed by atoms with van der Waals surface area (Å²) in [6.07, 6.45) is 2.31. The zero-order valence-electron chi connectivity index (χ0n) is 15.6. The van der Waals surface area contributed by atoms with Crippen LogP contribution in [0.25, 0.3) is 0 Å². The molecule has 6 nitrogen and oxygen atoms in total. The van der Waals surface area contributed by atoms with Crippen molar-refractivity contribution >= 4 is 12.0 Å². The highest BCUT2D eigenvalue weighted by Crippen LogP contribution is 2.51. The summed E-state index contributed by atoms with van der Waals surface area (Å²) in [5.74, 6) is 0.417. The Kier molecular flexibility index (Phi) is 5.78. The lowest BCUT2D eigenvalue weighted by molar-refractivity contribution is -0.127. The van der Waals surface area contributed by atoms with Crippen molar-refractivity contribution < 1.29 is 19.1 Å². The lowest BCUT2D eigenvalue weighted by Crippen LogP contribution is -2.44. The summed E-state index contributed by atoms with van der Waals surface area (Å²) >= 11 is 0. The van der Waals surface area contributed by atoms with Crippen LogP contribution in [0.5, 0.6) is 0 Å². The van der Waals surface area contributed by atoms with E-state index in [1.54, 1.807) is 0 Å². The Bertz CT molecular complexity index is 466. The zero-order valence-corrected chi connectivity index (χ0v) is 15.6. The molecule has 2 amide bonds. The van der Waals surface area contributed by atoms with Gasteiger partial charge in [-0.15, -0.1) is 0 Å². The van der Waals surface area contributed by atoms with Gasteiger partial charge in [-0.2, -0.15) is 0 Å². The van der Waals surface area contributed by atoms with Crippen molar-refractivity contribution in [2.75, 3.05) is 19.7 Å². The third-order valence-corrected chi connectivity index (χ3v) is 5.12. The molecule has 0 aromatic heterocycles. The highest BCUT2D eigenvalue weighted by molar-refractivity contribution is 5.79. The number of carbonyl (C=O) groups excluding carboxylic acids is 2. The summed E-state index contributed by atoms with van der Waals surface area (Å²) in [6.45, 7) is 11.5. The summed E-state index contributed by atoms with van der Waals surface area (Å²) in [4.78, 5) is 24.2. The van der Waals surface area contributed by atoms with E-state index in [-0.39, 0.29) is 17.9 Å². The van der Waals surface area contributed by atoms with Gasteiger partial charge in [0, 0.05) is 19.7 Å². The maximum atomic E-state index is 12.5. The van der Waals surface area contributed by atoms with Crippen molar-refractivity contribution in [2.24, 2.45) is 17.3 Å². The largest absolute Gasteiger partial charge is 0.444 e. The van der Waals surface area contributed by atoms with Gasteiger partial charge in [-0.25, -0.2) is 4.79 Å². The third-order valence-electron chi connectivity index (χ3n) is 5.12. The van der Waals surface area contributed by atoms with Crippen LogP contribution in [0.4, 0.5) is 4.79 Å². The van der Waals surface area contributed by atoms with E-state index in [2.05, 4.69) is 24.5 Å². The molecule has 0 aromatic rings. The third kappa shape index (κ3) is 5.10. The van der Waals surface area contributed by atoms with Crippen LogP contribution in [-0.4, -0.2) is 43.4 Å². The van der Waals surface area contributed by atoms with Crippen LogP contribution in [-0.2, 0) is 14.3 Å². The second-order valence-corrected chi connectivity index (χ2v) is 8.42. The van der Waals surface area contributed by atoms with Gasteiger partial charge < -0.3 is 20.1 Å². The summed E-state index contributed by atoms with van der Waals surface area (Å²) in [5, 5.41) is 5.80. The van der Waals surface area contributed by atoms with Crippen molar-refractivity contribution in [3.8, 4) is 0 Å². The molecule has 0 radical (unpaired) electrons. The molecule has 1 aliphatic carbocycles. The van der Waals surface area contributed by atoms with Gasteiger partial charge in [0.15, 0.2) is 0 Å². The first-order valence-corrected chi connectivity index (χ1v) is 8.99. The molecular formula is C18H32N2O4. The predicted molar refractivity (Wildman–Crippen MR) is 91.6 cm³/mol. The Balaban J connectivity index is 1.77. The Morgan fingerprint density at radius 2 is 1.92 bits per heavy atom. The quantitative estimate of drug-likeness (QED) is 0.779. The average molecular weight is 340 g/mol. The summed E-state index contributed by atoms with van der Waals surface area (Å²) in [5.41, 5.74) is -0.244. The fourth-order valence-electron chi connectivity index (χ4n) is 3.16. The minimum Gasteiger partial charge on any atom is -0.444 e. The molecule has 2 atom stereocenters. The first-order chi connectivity index (χ1) is 11.1. The number of rotatable bonds is 6. The second-order valence-electron chi connectivity index (χ2n) is 8.42. The van der Waals surface area contributed by atoms with Crippen LogP contribution < -0.4 is 10.6 Å². The molecule has 2 fully saturated rings. The van der Waals surface area contributed by atoms with Crippen LogP contribution in [0.2, 0.25) is 0 Å². The fraction of sp³-hybridized carbons (Fsp3) is 0.889. The smallest absolute Gasteiger partial charge is 0.407 e. The number of carbonyl (C=O) groups is 2. The van der Waals surface area contributed by atoms with E-state index in [0.717, 1.165) is 6.54 Å². The van der Waals surface area contributed by atoms with Gasteiger partial charge in [-0.05, 0) is 51.4 Å². The standard InChI is InChI=1S/C18H32N2O4/c1-12(2)18(7-8-18)11-20-15(21)13-6-9-23-14(13)10-19-16(22)24-17(3,4)5/h12-14H,6-11H2,1-5H3,(H,19,22)(H,20,21)/t13-,14+/m0/s1. The molecule has 1 saturated heterocycles. The SMILES string of the molecule is CC(C)C1(CNC(=O)[C@H]2CCO[C@@H]2CNC(=O)OC(C)(C)C)CC1. The molecule has 1 heterocycles. The van der Waals surface area contributed by atoms with Crippen molar-refractivity contribution in [3.63, 3.8) is 0 Å². The Morgan fingerprint density at radius 3 is 2.46 bits per heavy atom. The number of ether oxygens (including phenoxy) is 2. The number of nitrogens with one attached hydrogen (secondary N) is 2. The molecule has 0 bridgehead atoms. The molecule has 2 aliphatic rings. The Labute approximate surface area is 145 Å². The van der Waals surface area contributed by atoms with Crippen molar-refractivity contribution in [2.45, 2.75) is 65.6 Å². The predicted octanol–water partition coefficient (Wildman–Crippen LogP) is 2.47. The number of hydrogen-bond acceptors (Lipinski definition) is 4. The van der Waals surface area contributed by atoms with Crippen molar-refractivity contribution in [3.05, 3.63) is 0 Å². The first-order valence-electron chi connectivity index (χ1n) is 8.99. The lowest BCUT2D eigenvalue weighted by Gasteiger charge is -2.24. The van der Waals surface area contributed by atoms with Crippen molar-refractivity contribution in [1.82, 2.24) is 10.6 Å². The van der Waals surface area contributed by atoms with Gasteiger partial charge >= 0.3 is 6.09 Å². The molecule has 0 unspecified atom stereocenters. The van der Waals surface area contributed by atoms with Crippen LogP contribution in [0.3, 0.4) is 0 Å². The van der Waals surface area contributed by atoms with E-state index >= 15 is 0 Å². The van der Waals surface area contributed by atoms with Crippen LogP contribution in [0.1, 0.15) is 53.9 Å². The molecule has 138 valence electrons. The molecule has 2 N–H and O–H groups in total. The molecule has 1 aliphatic heterocycles. The molecule has 2 rings (SSSR count). The number of hydrogen-bond donors (Lipinski definition) is 2. The monoisotopic (exact) mass is 340 g/mol. The average Bonchev–Trinajstić information content (AvgIpc) is 3.11. The Hall–Kier alpha value is -1.30. The van der Waals surface area contributed by atoms with E-state index in [1.165, 1.54) is 12.8 Å². The molecule has 6 heteroatoms. The second kappa shape index (κ2) is 7.30. The molecular weight excluding hydrogens is 308 g/mol. The van der Waals surface area contributed by atoms with E-state index < -0.39 is 11.7 Å². The van der Waals surface area contributed by atoms with Gasteiger partial charge in [-0.3, -0.25) is 4.79 Å². The Morgan fingerprint density at radius 1 is 1.25 bits per heavy atom. The minimum atomic E-state index is -0.535. The van der Waals surface area contributed by atoms with E-state index in [1.807, 2.05) is 20.8 Å². The maximum Gasteiger partial charge on any atom is 0.407 e. The first kappa shape index (κ1) is 19.0. The summed E-state index contributed by atoms with van der Waals surface area (Å²) in [6, 6.07) is 0. The van der Waals surface area contributed by atoms with E-state index in [9.17, 15) is 9.59 Å². The van der Waals surface area contributed by atoms with Gasteiger partial charge in [0.1, 0.15) is 5.60 Å². The van der Waals surface area contributed by atoms with E-state index in [0.29, 0.717) is 30.9 Å². The van der Waals surface area contributed by atoms with Crippen molar-refractivity contribution in [1.29, 1.82) is 0 Å². The van der Waals surface area contributed by atoms with Crippen LogP contribution in [0, 0.1) is 17.3 Å². The molecule has 0 spiro atoms. The summed E-state index contributed by atoms with van der Waals surface area (Å²) < 4.78 is 10.8. The van der Waals surface area contributed by atoms with E-state index in [4.69, 9.17) is 9.47 Å².